The van der Waals surface area contributed by atoms with Crippen molar-refractivity contribution in [1.82, 2.24) is 10.2 Å². The molecule has 0 heterocycles. The summed E-state index contributed by atoms with van der Waals surface area (Å²) in [4.78, 5) is 14.2. The van der Waals surface area contributed by atoms with E-state index in [1.54, 1.807) is 0 Å². The van der Waals surface area contributed by atoms with Gasteiger partial charge in [-0.3, -0.25) is 4.79 Å². The fourth-order valence-corrected chi connectivity index (χ4v) is 3.45. The molecule has 0 bridgehead atoms. The van der Waals surface area contributed by atoms with Crippen LogP contribution in [0.15, 0.2) is 30.3 Å². The van der Waals surface area contributed by atoms with Crippen LogP contribution >= 0.6 is 0 Å². The molecule has 0 aromatic heterocycles. The Labute approximate surface area is 141 Å². The van der Waals surface area contributed by atoms with Gasteiger partial charge in [0.2, 0.25) is 5.91 Å². The quantitative estimate of drug-likeness (QED) is 0.699. The third kappa shape index (κ3) is 7.65. The average Bonchev–Trinajstić information content (AvgIpc) is 2.59. The van der Waals surface area contributed by atoms with Crippen LogP contribution in [-0.4, -0.2) is 30.9 Å². The SMILES string of the molecule is CN(CCCNC(=O)CCC1CCCCC1)Cc1ccccc1. The lowest BCUT2D eigenvalue weighted by Gasteiger charge is -2.21. The minimum atomic E-state index is 0.237. The third-order valence-electron chi connectivity index (χ3n) is 4.84. The van der Waals surface area contributed by atoms with E-state index in [0.717, 1.165) is 38.4 Å². The Morgan fingerprint density at radius 3 is 2.65 bits per heavy atom. The zero-order valence-electron chi connectivity index (χ0n) is 14.6. The minimum absolute atomic E-state index is 0.237. The van der Waals surface area contributed by atoms with Crippen molar-refractivity contribution in [3.63, 3.8) is 0 Å². The van der Waals surface area contributed by atoms with E-state index in [1.165, 1.54) is 37.7 Å². The van der Waals surface area contributed by atoms with Crippen molar-refractivity contribution in [2.75, 3.05) is 20.1 Å². The van der Waals surface area contributed by atoms with Crippen LogP contribution in [0.25, 0.3) is 0 Å². The molecule has 2 rings (SSSR count). The van der Waals surface area contributed by atoms with E-state index in [2.05, 4.69) is 41.5 Å². The Morgan fingerprint density at radius 2 is 1.91 bits per heavy atom. The summed E-state index contributed by atoms with van der Waals surface area (Å²) in [7, 11) is 2.14. The van der Waals surface area contributed by atoms with E-state index in [9.17, 15) is 4.79 Å². The highest BCUT2D eigenvalue weighted by atomic mass is 16.1. The molecule has 3 heteroatoms. The van der Waals surface area contributed by atoms with Crippen LogP contribution in [0.1, 0.15) is 56.9 Å². The van der Waals surface area contributed by atoms with Gasteiger partial charge in [0.25, 0.3) is 0 Å². The van der Waals surface area contributed by atoms with Gasteiger partial charge in [0.1, 0.15) is 0 Å². The number of amides is 1. The first-order valence-electron chi connectivity index (χ1n) is 9.23. The number of rotatable bonds is 9. The van der Waals surface area contributed by atoms with E-state index in [1.807, 2.05) is 6.07 Å². The second-order valence-corrected chi connectivity index (χ2v) is 6.97. The van der Waals surface area contributed by atoms with Crippen molar-refractivity contribution < 1.29 is 4.79 Å². The molecule has 0 radical (unpaired) electrons. The van der Waals surface area contributed by atoms with Gasteiger partial charge >= 0.3 is 0 Å². The summed E-state index contributed by atoms with van der Waals surface area (Å²) in [6.07, 6.45) is 9.58. The van der Waals surface area contributed by atoms with Crippen LogP contribution in [0.4, 0.5) is 0 Å². The second kappa shape index (κ2) is 10.4. The highest BCUT2D eigenvalue weighted by molar-refractivity contribution is 5.75. The molecule has 0 spiro atoms. The van der Waals surface area contributed by atoms with Crippen molar-refractivity contribution in [2.24, 2.45) is 5.92 Å². The first-order valence-corrected chi connectivity index (χ1v) is 9.23. The predicted molar refractivity (Wildman–Crippen MR) is 96.2 cm³/mol. The molecular weight excluding hydrogens is 284 g/mol. The smallest absolute Gasteiger partial charge is 0.220 e. The maximum atomic E-state index is 11.9. The molecule has 1 aliphatic rings. The molecule has 0 aliphatic heterocycles. The second-order valence-electron chi connectivity index (χ2n) is 6.97. The Kier molecular flexibility index (Phi) is 8.16. The summed E-state index contributed by atoms with van der Waals surface area (Å²) in [5.41, 5.74) is 1.34. The van der Waals surface area contributed by atoms with Gasteiger partial charge in [0, 0.05) is 19.5 Å². The summed E-state index contributed by atoms with van der Waals surface area (Å²) in [6.45, 7) is 2.77. The van der Waals surface area contributed by atoms with Gasteiger partial charge in [0.05, 0.1) is 0 Å². The third-order valence-corrected chi connectivity index (χ3v) is 4.84. The molecule has 1 aliphatic carbocycles. The van der Waals surface area contributed by atoms with E-state index in [-0.39, 0.29) is 5.91 Å². The Bertz CT molecular complexity index is 440. The molecule has 1 fully saturated rings. The Hall–Kier alpha value is -1.35. The first-order chi connectivity index (χ1) is 11.2. The van der Waals surface area contributed by atoms with Gasteiger partial charge < -0.3 is 10.2 Å². The number of carbonyl (C=O) groups is 1. The van der Waals surface area contributed by atoms with Gasteiger partial charge in [0.15, 0.2) is 0 Å². The lowest BCUT2D eigenvalue weighted by atomic mass is 9.86. The zero-order valence-corrected chi connectivity index (χ0v) is 14.6. The molecule has 1 N–H and O–H groups in total. The number of nitrogens with one attached hydrogen (secondary N) is 1. The average molecular weight is 316 g/mol. The van der Waals surface area contributed by atoms with Crippen LogP contribution in [0.5, 0.6) is 0 Å². The lowest BCUT2D eigenvalue weighted by Crippen LogP contribution is -2.28. The van der Waals surface area contributed by atoms with Gasteiger partial charge in [-0.15, -0.1) is 0 Å². The van der Waals surface area contributed by atoms with E-state index in [0.29, 0.717) is 6.42 Å². The monoisotopic (exact) mass is 316 g/mol. The fraction of sp³-hybridized carbons (Fsp3) is 0.650. The molecule has 23 heavy (non-hydrogen) atoms. The summed E-state index contributed by atoms with van der Waals surface area (Å²) in [5, 5.41) is 3.08. The van der Waals surface area contributed by atoms with E-state index >= 15 is 0 Å². The molecule has 1 aromatic rings. The van der Waals surface area contributed by atoms with Crippen molar-refractivity contribution >= 4 is 5.91 Å². The van der Waals surface area contributed by atoms with Crippen molar-refractivity contribution in [2.45, 2.75) is 57.9 Å². The molecule has 128 valence electrons. The lowest BCUT2D eigenvalue weighted by molar-refractivity contribution is -0.121. The molecule has 0 saturated heterocycles. The van der Waals surface area contributed by atoms with E-state index in [4.69, 9.17) is 0 Å². The molecule has 0 unspecified atom stereocenters. The highest BCUT2D eigenvalue weighted by Crippen LogP contribution is 2.27. The van der Waals surface area contributed by atoms with Crippen LogP contribution in [0, 0.1) is 5.92 Å². The minimum Gasteiger partial charge on any atom is -0.356 e. The fourth-order valence-electron chi connectivity index (χ4n) is 3.45. The van der Waals surface area contributed by atoms with Crippen LogP contribution in [0.2, 0.25) is 0 Å². The number of nitrogens with zero attached hydrogens (tertiary/aromatic N) is 1. The largest absolute Gasteiger partial charge is 0.356 e. The molecule has 1 saturated carbocycles. The summed E-state index contributed by atoms with van der Waals surface area (Å²) >= 11 is 0. The van der Waals surface area contributed by atoms with Gasteiger partial charge in [-0.05, 0) is 37.9 Å². The number of carbonyl (C=O) groups excluding carboxylic acids is 1. The zero-order chi connectivity index (χ0) is 16.3. The number of benzene rings is 1. The van der Waals surface area contributed by atoms with Crippen molar-refractivity contribution in [3.05, 3.63) is 35.9 Å². The topological polar surface area (TPSA) is 32.3 Å². The van der Waals surface area contributed by atoms with Crippen LogP contribution in [-0.2, 0) is 11.3 Å². The summed E-state index contributed by atoms with van der Waals surface area (Å²) in [6, 6.07) is 10.5. The van der Waals surface area contributed by atoms with Gasteiger partial charge in [-0.25, -0.2) is 0 Å². The highest BCUT2D eigenvalue weighted by Gasteiger charge is 2.14. The number of hydrogen-bond donors (Lipinski definition) is 1. The molecule has 3 nitrogen and oxygen atoms in total. The Balaban J connectivity index is 1.50. The first kappa shape index (κ1) is 18.0. The van der Waals surface area contributed by atoms with Crippen molar-refractivity contribution in [1.29, 1.82) is 0 Å². The normalized spacial score (nSPS) is 15.7. The van der Waals surface area contributed by atoms with E-state index < -0.39 is 0 Å². The maximum Gasteiger partial charge on any atom is 0.220 e. The molecular formula is C20H32N2O. The number of hydrogen-bond acceptors (Lipinski definition) is 2. The standard InChI is InChI=1S/C20H32N2O/c1-22(17-19-11-6-3-7-12-19)16-8-15-21-20(23)14-13-18-9-4-2-5-10-18/h3,6-7,11-12,18H,2,4-5,8-10,13-17H2,1H3,(H,21,23). The van der Waals surface area contributed by atoms with Gasteiger partial charge in [-0.1, -0.05) is 62.4 Å². The van der Waals surface area contributed by atoms with Crippen LogP contribution in [0.3, 0.4) is 0 Å². The van der Waals surface area contributed by atoms with Crippen molar-refractivity contribution in [3.8, 4) is 0 Å². The predicted octanol–water partition coefficient (Wildman–Crippen LogP) is 3.99. The van der Waals surface area contributed by atoms with Crippen LogP contribution < -0.4 is 5.32 Å². The molecule has 1 amide bonds. The maximum absolute atomic E-state index is 11.9. The van der Waals surface area contributed by atoms with Gasteiger partial charge in [-0.2, -0.15) is 0 Å². The Morgan fingerprint density at radius 1 is 1.17 bits per heavy atom. The molecule has 0 atom stereocenters. The summed E-state index contributed by atoms with van der Waals surface area (Å²) in [5.74, 6) is 1.03. The summed E-state index contributed by atoms with van der Waals surface area (Å²) < 4.78 is 0. The molecule has 1 aromatic carbocycles.